The zero-order chi connectivity index (χ0) is 25.9. The second kappa shape index (κ2) is 10.9. The van der Waals surface area contributed by atoms with Crippen LogP contribution < -0.4 is 5.32 Å². The Morgan fingerprint density at radius 3 is 2.38 bits per heavy atom. The first-order chi connectivity index (χ1) is 17.9. The van der Waals surface area contributed by atoms with Gasteiger partial charge in [-0.25, -0.2) is 8.89 Å². The number of carboxylic acid groups (broad SMARTS) is 1. The van der Waals surface area contributed by atoms with Crippen molar-refractivity contribution in [1.82, 2.24) is 19.4 Å². The van der Waals surface area contributed by atoms with Gasteiger partial charge in [0.05, 0.1) is 5.69 Å². The van der Waals surface area contributed by atoms with Gasteiger partial charge in [0, 0.05) is 22.3 Å². The van der Waals surface area contributed by atoms with E-state index < -0.39 is 28.5 Å². The zero-order valence-electron chi connectivity index (χ0n) is 19.4. The Morgan fingerprint density at radius 2 is 1.73 bits per heavy atom. The molecule has 0 amide bonds. The number of hydrogen-bond donors (Lipinski definition) is 3. The molecule has 2 heterocycles. The summed E-state index contributed by atoms with van der Waals surface area (Å²) < 4.78 is 16.7. The number of rotatable bonds is 7. The number of thiol groups is 1. The van der Waals surface area contributed by atoms with E-state index in [0.717, 1.165) is 16.8 Å². The van der Waals surface area contributed by atoms with E-state index in [9.17, 15) is 14.1 Å². The number of aromatic nitrogens is 2. The van der Waals surface area contributed by atoms with Gasteiger partial charge < -0.3 is 10.4 Å². The number of para-hydroxylation sites is 1. The lowest BCUT2D eigenvalue weighted by Crippen LogP contribution is -2.45. The van der Waals surface area contributed by atoms with Crippen LogP contribution in [-0.2, 0) is 22.2 Å². The second-order valence-corrected chi connectivity index (χ2v) is 10.7. The molecule has 7 nitrogen and oxygen atoms in total. The van der Waals surface area contributed by atoms with Gasteiger partial charge in [0.1, 0.15) is 33.2 Å². The summed E-state index contributed by atoms with van der Waals surface area (Å²) in [5.74, 6) is -1.07. The summed E-state index contributed by atoms with van der Waals surface area (Å²) >= 11 is 10.6. The zero-order valence-corrected chi connectivity index (χ0v) is 21.9. The molecule has 1 aliphatic heterocycles. The van der Waals surface area contributed by atoms with E-state index in [1.807, 2.05) is 79.0 Å². The predicted molar refractivity (Wildman–Crippen MR) is 149 cm³/mol. The van der Waals surface area contributed by atoms with Crippen LogP contribution in [0.5, 0.6) is 0 Å². The van der Waals surface area contributed by atoms with Gasteiger partial charge in [-0.15, -0.1) is 12.6 Å². The average Bonchev–Trinajstić information content (AvgIpc) is 3.44. The van der Waals surface area contributed by atoms with Crippen molar-refractivity contribution >= 4 is 47.3 Å². The molecule has 5 rings (SSSR count). The average molecular weight is 551 g/mol. The van der Waals surface area contributed by atoms with Crippen molar-refractivity contribution in [3.8, 4) is 16.9 Å². The lowest BCUT2D eigenvalue weighted by molar-refractivity contribution is -0.141. The predicted octanol–water partition coefficient (Wildman–Crippen LogP) is 4.97. The minimum Gasteiger partial charge on any atom is -0.480 e. The molecule has 3 atom stereocenters. The molecule has 1 aliphatic rings. The molecule has 0 bridgehead atoms. The van der Waals surface area contributed by atoms with E-state index in [1.54, 1.807) is 22.9 Å². The second-order valence-electron chi connectivity index (χ2n) is 8.40. The van der Waals surface area contributed by atoms with Gasteiger partial charge >= 0.3 is 5.97 Å². The maximum atomic E-state index is 13.6. The Labute approximate surface area is 227 Å². The highest BCUT2D eigenvalue weighted by Crippen LogP contribution is 2.31. The molecule has 1 unspecified atom stereocenters. The maximum absolute atomic E-state index is 13.6. The Hall–Kier alpha value is -3.37. The van der Waals surface area contributed by atoms with Crippen LogP contribution in [0, 0.1) is 0 Å². The van der Waals surface area contributed by atoms with Gasteiger partial charge in [0.2, 0.25) is 0 Å². The Bertz CT molecular complexity index is 1460. The van der Waals surface area contributed by atoms with Crippen molar-refractivity contribution in [2.75, 3.05) is 0 Å². The van der Waals surface area contributed by atoms with Gasteiger partial charge in [-0.1, -0.05) is 72.3 Å². The van der Waals surface area contributed by atoms with Crippen molar-refractivity contribution in [3.05, 3.63) is 112 Å². The third-order valence-electron chi connectivity index (χ3n) is 5.92. The quantitative estimate of drug-likeness (QED) is 0.283. The summed E-state index contributed by atoms with van der Waals surface area (Å²) in [6.45, 7) is 0. The molecule has 0 saturated carbocycles. The highest BCUT2D eigenvalue weighted by atomic mass is 35.5. The van der Waals surface area contributed by atoms with Crippen molar-refractivity contribution in [3.63, 3.8) is 0 Å². The van der Waals surface area contributed by atoms with Crippen LogP contribution in [0.1, 0.15) is 11.1 Å². The summed E-state index contributed by atoms with van der Waals surface area (Å²) in [5, 5.41) is 18.8. The highest BCUT2D eigenvalue weighted by Gasteiger charge is 2.41. The lowest BCUT2D eigenvalue weighted by atomic mass is 10.1. The van der Waals surface area contributed by atoms with Gasteiger partial charge in [-0.3, -0.25) is 4.79 Å². The fraction of sp³-hybridized carbons (Fsp3) is 0.111. The summed E-state index contributed by atoms with van der Waals surface area (Å²) in [5.41, 5.74) is 3.16. The van der Waals surface area contributed by atoms with E-state index in [4.69, 9.17) is 16.7 Å². The summed E-state index contributed by atoms with van der Waals surface area (Å²) in [6.07, 6.45) is 3.77. The highest BCUT2D eigenvalue weighted by molar-refractivity contribution is 7.89. The fourth-order valence-electron chi connectivity index (χ4n) is 4.13. The maximum Gasteiger partial charge on any atom is 0.322 e. The number of hydrogen-bond acceptors (Lipinski definition) is 5. The molecule has 4 aromatic rings. The third kappa shape index (κ3) is 5.50. The van der Waals surface area contributed by atoms with Gasteiger partial charge in [0.15, 0.2) is 0 Å². The number of halogens is 1. The van der Waals surface area contributed by atoms with Crippen LogP contribution in [0.15, 0.2) is 96.2 Å². The summed E-state index contributed by atoms with van der Waals surface area (Å²) in [6, 6.07) is 25.2. The Morgan fingerprint density at radius 1 is 1.08 bits per heavy atom. The van der Waals surface area contributed by atoms with Gasteiger partial charge in [-0.2, -0.15) is 9.40 Å². The first kappa shape index (κ1) is 25.3. The topological polar surface area (TPSA) is 87.5 Å². The molecular weight excluding hydrogens is 528 g/mol. The van der Waals surface area contributed by atoms with Crippen LogP contribution in [0.3, 0.4) is 0 Å². The Balaban J connectivity index is 1.52. The first-order valence-corrected chi connectivity index (χ1v) is 13.4. The van der Waals surface area contributed by atoms with E-state index in [-0.39, 0.29) is 6.42 Å². The lowest BCUT2D eigenvalue weighted by Gasteiger charge is -2.24. The SMILES string of the molecule is O=C(O)[C@H](Cc1ccccc1)N1[C@@H](S)N/C(=C/c2cn(-c3ccccc3)nc2-c2ccc(Cl)cc2)S1=O. The molecule has 1 aromatic heterocycles. The standard InChI is InChI=1S/C27H23ClN4O3S2/c28-21-13-11-19(12-14-21)25-20(17-31(30-25)22-9-5-2-6-10-22)16-24-29-27(36)32(37(24)35)23(26(33)34)15-18-7-3-1-4-8-18/h1-14,16-17,23,27,29,36H,15H2,(H,33,34)/b24-16-/t23-,27-,37?/m0/s1. The van der Waals surface area contributed by atoms with E-state index in [0.29, 0.717) is 21.3 Å². The molecular formula is C27H23ClN4O3S2. The molecule has 0 radical (unpaired) electrons. The normalized spacial score (nSPS) is 19.6. The minimum atomic E-state index is -1.79. The van der Waals surface area contributed by atoms with E-state index in [1.165, 1.54) is 4.31 Å². The largest absolute Gasteiger partial charge is 0.480 e. The van der Waals surface area contributed by atoms with Crippen LogP contribution in [0.4, 0.5) is 0 Å². The number of nitrogens with zero attached hydrogens (tertiary/aromatic N) is 3. The van der Waals surface area contributed by atoms with Gasteiger partial charge in [0.25, 0.3) is 0 Å². The van der Waals surface area contributed by atoms with E-state index >= 15 is 0 Å². The fourth-order valence-corrected chi connectivity index (χ4v) is 6.19. The smallest absolute Gasteiger partial charge is 0.322 e. The number of carboxylic acids is 1. The van der Waals surface area contributed by atoms with Crippen LogP contribution in [0.2, 0.25) is 5.02 Å². The first-order valence-electron chi connectivity index (χ1n) is 11.4. The molecule has 188 valence electrons. The monoisotopic (exact) mass is 550 g/mol. The van der Waals surface area contributed by atoms with Gasteiger partial charge in [-0.05, 0) is 42.3 Å². The van der Waals surface area contributed by atoms with Crippen molar-refractivity contribution < 1.29 is 14.1 Å². The van der Waals surface area contributed by atoms with Crippen LogP contribution in [-0.4, -0.2) is 40.9 Å². The van der Waals surface area contributed by atoms with Crippen LogP contribution >= 0.6 is 24.2 Å². The molecule has 10 heteroatoms. The van der Waals surface area contributed by atoms with Crippen molar-refractivity contribution in [2.45, 2.75) is 18.0 Å². The molecule has 37 heavy (non-hydrogen) atoms. The molecule has 0 aliphatic carbocycles. The van der Waals surface area contributed by atoms with Crippen LogP contribution in [0.25, 0.3) is 23.0 Å². The van der Waals surface area contributed by atoms with Crippen molar-refractivity contribution in [2.24, 2.45) is 0 Å². The molecule has 2 N–H and O–H groups in total. The molecule has 3 aromatic carbocycles. The number of aliphatic carboxylic acids is 1. The number of carbonyl (C=O) groups is 1. The Kier molecular flexibility index (Phi) is 7.48. The third-order valence-corrected chi connectivity index (χ3v) is 8.17. The van der Waals surface area contributed by atoms with Crippen molar-refractivity contribution in [1.29, 1.82) is 0 Å². The number of nitrogens with one attached hydrogen (secondary N) is 1. The molecule has 1 saturated heterocycles. The summed E-state index contributed by atoms with van der Waals surface area (Å²) in [7, 11) is -1.79. The molecule has 0 spiro atoms. The number of benzene rings is 3. The summed E-state index contributed by atoms with van der Waals surface area (Å²) in [4.78, 5) is 12.2. The molecule has 1 fully saturated rings. The minimum absolute atomic E-state index is 0.190. The van der Waals surface area contributed by atoms with E-state index in [2.05, 4.69) is 17.9 Å².